The fourth-order valence-corrected chi connectivity index (χ4v) is 1.97. The monoisotopic (exact) mass is 330 g/mol. The topological polar surface area (TPSA) is 85.4 Å². The van der Waals surface area contributed by atoms with Crippen LogP contribution in [0.2, 0.25) is 0 Å². The smallest absolute Gasteiger partial charge is 0.325 e. The normalized spacial score (nSPS) is 10.1. The van der Waals surface area contributed by atoms with Crippen molar-refractivity contribution in [3.63, 3.8) is 0 Å². The van der Waals surface area contributed by atoms with Gasteiger partial charge in [0.15, 0.2) is 5.78 Å². The van der Waals surface area contributed by atoms with E-state index in [0.29, 0.717) is 0 Å². The molecule has 2 rings (SSSR count). The maximum Gasteiger partial charge on any atom is 0.325 e. The zero-order valence-electron chi connectivity index (χ0n) is 12.9. The van der Waals surface area contributed by atoms with Gasteiger partial charge in [-0.05, 0) is 43.3 Å². The number of pyridine rings is 1. The lowest BCUT2D eigenvalue weighted by Gasteiger charge is -2.08. The first-order valence-corrected chi connectivity index (χ1v) is 7.22. The third-order valence-electron chi connectivity index (χ3n) is 3.07. The van der Waals surface area contributed by atoms with E-state index in [1.165, 1.54) is 30.5 Å². The summed E-state index contributed by atoms with van der Waals surface area (Å²) in [5.41, 5.74) is 0.172. The van der Waals surface area contributed by atoms with E-state index in [0.717, 1.165) is 12.1 Å². The summed E-state index contributed by atoms with van der Waals surface area (Å²) in [6, 6.07) is 7.92. The number of esters is 1. The Balaban J connectivity index is 2.20. The average molecular weight is 330 g/mol. The first kappa shape index (κ1) is 17.3. The summed E-state index contributed by atoms with van der Waals surface area (Å²) in [4.78, 5) is 39.9. The highest BCUT2D eigenvalue weighted by atomic mass is 19.1. The van der Waals surface area contributed by atoms with Gasteiger partial charge in [-0.25, -0.2) is 4.39 Å². The van der Waals surface area contributed by atoms with E-state index in [1.54, 1.807) is 6.92 Å². The Morgan fingerprint density at radius 1 is 1.17 bits per heavy atom. The molecular weight excluding hydrogens is 315 g/mol. The molecule has 0 aliphatic rings. The molecule has 0 bridgehead atoms. The van der Waals surface area contributed by atoms with Crippen molar-refractivity contribution in [2.45, 2.75) is 6.92 Å². The van der Waals surface area contributed by atoms with Gasteiger partial charge in [0.05, 0.1) is 12.2 Å². The zero-order chi connectivity index (χ0) is 17.5. The molecule has 0 atom stereocenters. The van der Waals surface area contributed by atoms with Crippen molar-refractivity contribution in [2.75, 3.05) is 13.2 Å². The number of benzene rings is 1. The van der Waals surface area contributed by atoms with Crippen molar-refractivity contribution in [2.24, 2.45) is 0 Å². The summed E-state index contributed by atoms with van der Waals surface area (Å²) in [5.74, 6) is -2.20. The maximum absolute atomic E-state index is 13.0. The van der Waals surface area contributed by atoms with E-state index < -0.39 is 23.5 Å². The van der Waals surface area contributed by atoms with Gasteiger partial charge >= 0.3 is 5.97 Å². The highest BCUT2D eigenvalue weighted by Gasteiger charge is 2.20. The van der Waals surface area contributed by atoms with E-state index in [4.69, 9.17) is 4.74 Å². The van der Waals surface area contributed by atoms with Gasteiger partial charge in [0.2, 0.25) is 0 Å². The molecule has 1 aromatic carbocycles. The van der Waals surface area contributed by atoms with Crippen LogP contribution in [0.1, 0.15) is 33.3 Å². The molecule has 1 heterocycles. The highest BCUT2D eigenvalue weighted by molar-refractivity contribution is 6.14. The quantitative estimate of drug-likeness (QED) is 0.644. The van der Waals surface area contributed by atoms with Crippen LogP contribution in [0, 0.1) is 5.82 Å². The minimum Gasteiger partial charge on any atom is -0.465 e. The van der Waals surface area contributed by atoms with E-state index >= 15 is 0 Å². The second-order valence-corrected chi connectivity index (χ2v) is 4.72. The van der Waals surface area contributed by atoms with Crippen molar-refractivity contribution in [1.82, 2.24) is 10.3 Å². The molecule has 6 nitrogen and oxygen atoms in total. The third kappa shape index (κ3) is 4.22. The molecule has 0 aliphatic carbocycles. The van der Waals surface area contributed by atoms with Gasteiger partial charge in [0.25, 0.3) is 5.91 Å². The Labute approximate surface area is 137 Å². The molecule has 2 aromatic rings. The number of carbonyl (C=O) groups is 3. The summed E-state index contributed by atoms with van der Waals surface area (Å²) >= 11 is 0. The highest BCUT2D eigenvalue weighted by Crippen LogP contribution is 2.13. The molecule has 1 amide bonds. The number of hydrogen-bond acceptors (Lipinski definition) is 5. The van der Waals surface area contributed by atoms with Crippen molar-refractivity contribution >= 4 is 17.7 Å². The van der Waals surface area contributed by atoms with Crippen molar-refractivity contribution < 1.29 is 23.5 Å². The van der Waals surface area contributed by atoms with Crippen molar-refractivity contribution in [1.29, 1.82) is 0 Å². The number of nitrogens with zero attached hydrogens (tertiary/aromatic N) is 1. The number of carbonyl (C=O) groups excluding carboxylic acids is 3. The third-order valence-corrected chi connectivity index (χ3v) is 3.07. The van der Waals surface area contributed by atoms with Gasteiger partial charge in [-0.3, -0.25) is 19.4 Å². The molecule has 0 saturated carbocycles. The summed E-state index contributed by atoms with van der Waals surface area (Å²) in [6.07, 6.45) is 1.36. The second-order valence-electron chi connectivity index (χ2n) is 4.72. The van der Waals surface area contributed by atoms with Crippen LogP contribution in [0.25, 0.3) is 0 Å². The minimum absolute atomic E-state index is 0.0606. The molecule has 0 spiro atoms. The molecule has 0 saturated heterocycles. The van der Waals surface area contributed by atoms with Gasteiger partial charge < -0.3 is 10.1 Å². The van der Waals surface area contributed by atoms with Crippen LogP contribution in [-0.4, -0.2) is 35.8 Å². The number of nitrogens with one attached hydrogen (secondary N) is 1. The van der Waals surface area contributed by atoms with Crippen LogP contribution in [-0.2, 0) is 9.53 Å². The predicted molar refractivity (Wildman–Crippen MR) is 83.0 cm³/mol. The van der Waals surface area contributed by atoms with Crippen LogP contribution in [0.15, 0.2) is 42.6 Å². The lowest BCUT2D eigenvalue weighted by Crippen LogP contribution is -2.32. The van der Waals surface area contributed by atoms with Gasteiger partial charge in [0, 0.05) is 11.8 Å². The number of hydrogen-bond donors (Lipinski definition) is 1. The lowest BCUT2D eigenvalue weighted by atomic mass is 10.0. The Hall–Kier alpha value is -3.09. The van der Waals surface area contributed by atoms with E-state index in [1.807, 2.05) is 0 Å². The molecule has 0 fully saturated rings. The number of rotatable bonds is 6. The molecule has 7 heteroatoms. The fraction of sp³-hybridized carbons (Fsp3) is 0.176. The largest absolute Gasteiger partial charge is 0.465 e. The van der Waals surface area contributed by atoms with Crippen molar-refractivity contribution in [3.8, 4) is 0 Å². The van der Waals surface area contributed by atoms with Crippen LogP contribution in [0.4, 0.5) is 4.39 Å². The molecule has 124 valence electrons. The minimum atomic E-state index is -0.672. The second kappa shape index (κ2) is 7.96. The van der Waals surface area contributed by atoms with Crippen molar-refractivity contribution in [3.05, 3.63) is 65.2 Å². The summed E-state index contributed by atoms with van der Waals surface area (Å²) in [6.45, 7) is 1.53. The maximum atomic E-state index is 13.0. The predicted octanol–water partition coefficient (Wildman–Crippen LogP) is 1.74. The number of amides is 1. The molecule has 1 N–H and O–H groups in total. The molecule has 0 unspecified atom stereocenters. The Kier molecular flexibility index (Phi) is 5.73. The molecule has 1 aromatic heterocycles. The molecule has 24 heavy (non-hydrogen) atoms. The van der Waals surface area contributed by atoms with Crippen LogP contribution >= 0.6 is 0 Å². The van der Waals surface area contributed by atoms with Crippen LogP contribution in [0.5, 0.6) is 0 Å². The van der Waals surface area contributed by atoms with Gasteiger partial charge in [-0.15, -0.1) is 0 Å². The first-order chi connectivity index (χ1) is 11.5. The lowest BCUT2D eigenvalue weighted by molar-refractivity contribution is -0.141. The number of aromatic nitrogens is 1. The zero-order valence-corrected chi connectivity index (χ0v) is 12.9. The van der Waals surface area contributed by atoms with E-state index in [-0.39, 0.29) is 30.0 Å². The van der Waals surface area contributed by atoms with Crippen LogP contribution < -0.4 is 5.32 Å². The Morgan fingerprint density at radius 2 is 1.88 bits per heavy atom. The van der Waals surface area contributed by atoms with E-state index in [2.05, 4.69) is 10.3 Å². The Bertz CT molecular complexity index is 759. The fourth-order valence-electron chi connectivity index (χ4n) is 1.97. The van der Waals surface area contributed by atoms with Gasteiger partial charge in [-0.1, -0.05) is 0 Å². The summed E-state index contributed by atoms with van der Waals surface area (Å²) in [7, 11) is 0. The molecule has 0 radical (unpaired) electrons. The molecule has 0 aliphatic heterocycles. The standard InChI is InChI=1S/C17H15FN2O4/c1-2-24-14(21)10-20-17(23)15-13(4-3-9-19-15)16(22)11-5-7-12(18)8-6-11/h3-9H,2,10H2,1H3,(H,20,23). The summed E-state index contributed by atoms with van der Waals surface area (Å²) in [5, 5.41) is 2.35. The van der Waals surface area contributed by atoms with E-state index in [9.17, 15) is 18.8 Å². The van der Waals surface area contributed by atoms with Crippen LogP contribution in [0.3, 0.4) is 0 Å². The first-order valence-electron chi connectivity index (χ1n) is 7.22. The number of ketones is 1. The molecular formula is C17H15FN2O4. The SMILES string of the molecule is CCOC(=O)CNC(=O)c1ncccc1C(=O)c1ccc(F)cc1. The Morgan fingerprint density at radius 3 is 2.54 bits per heavy atom. The number of halogens is 1. The summed E-state index contributed by atoms with van der Waals surface area (Å²) < 4.78 is 17.7. The number of ether oxygens (including phenoxy) is 1. The van der Waals surface area contributed by atoms with Gasteiger partial charge in [0.1, 0.15) is 18.1 Å². The average Bonchev–Trinajstić information content (AvgIpc) is 2.60. The van der Waals surface area contributed by atoms with Gasteiger partial charge in [-0.2, -0.15) is 0 Å².